The van der Waals surface area contributed by atoms with Gasteiger partial charge in [-0.15, -0.1) is 0 Å². The van der Waals surface area contributed by atoms with E-state index in [0.29, 0.717) is 24.3 Å². The fourth-order valence-electron chi connectivity index (χ4n) is 5.21. The van der Waals surface area contributed by atoms with E-state index in [1.54, 1.807) is 6.07 Å². The van der Waals surface area contributed by atoms with E-state index < -0.39 is 21.9 Å². The summed E-state index contributed by atoms with van der Waals surface area (Å²) < 4.78 is 87.0. The molecule has 11 heteroatoms. The topological polar surface area (TPSA) is 74.3 Å². The van der Waals surface area contributed by atoms with E-state index in [1.807, 2.05) is 18.2 Å². The molecule has 3 aliphatic heterocycles. The first-order chi connectivity index (χ1) is 17.6. The number of fused-ring (bicyclic) bond motifs is 5. The first kappa shape index (κ1) is 23.9. The van der Waals surface area contributed by atoms with Gasteiger partial charge in [0.1, 0.15) is 4.90 Å². The van der Waals surface area contributed by atoms with Gasteiger partial charge in [0.25, 0.3) is 0 Å². The second-order valence-electron chi connectivity index (χ2n) is 9.14. The van der Waals surface area contributed by atoms with Crippen molar-refractivity contribution in [2.24, 2.45) is 0 Å². The Balaban J connectivity index is 1.34. The SMILES string of the molecule is COc1ccc2c(c1OS(=O)(=O)c1ccc(C(F)(F)F)cc1)CN1CCc3cc4c(cc3C1C2)OCO4. The number of ether oxygens (including phenoxy) is 3. The monoisotopic (exact) mass is 533 g/mol. The molecule has 0 radical (unpaired) electrons. The number of alkyl halides is 3. The molecule has 6 rings (SSSR count). The summed E-state index contributed by atoms with van der Waals surface area (Å²) in [6.07, 6.45) is -3.17. The largest absolute Gasteiger partial charge is 0.493 e. The second-order valence-corrected chi connectivity index (χ2v) is 10.7. The van der Waals surface area contributed by atoms with E-state index >= 15 is 0 Å². The molecule has 0 aromatic heterocycles. The fourth-order valence-corrected chi connectivity index (χ4v) is 6.18. The highest BCUT2D eigenvalue weighted by Crippen LogP contribution is 2.47. The Kier molecular flexibility index (Phi) is 5.53. The summed E-state index contributed by atoms with van der Waals surface area (Å²) in [5, 5.41) is 0. The summed E-state index contributed by atoms with van der Waals surface area (Å²) in [6, 6.07) is 10.9. The van der Waals surface area contributed by atoms with Crippen LogP contribution in [0.2, 0.25) is 0 Å². The molecule has 1 unspecified atom stereocenters. The Morgan fingerprint density at radius 3 is 2.43 bits per heavy atom. The number of methoxy groups -OCH3 is 1. The van der Waals surface area contributed by atoms with Crippen molar-refractivity contribution in [3.8, 4) is 23.0 Å². The average molecular weight is 534 g/mol. The number of benzene rings is 3. The zero-order valence-corrected chi connectivity index (χ0v) is 20.5. The normalized spacial score (nSPS) is 18.5. The molecule has 1 atom stereocenters. The molecule has 7 nitrogen and oxygen atoms in total. The smallest absolute Gasteiger partial charge is 0.416 e. The van der Waals surface area contributed by atoms with Crippen LogP contribution < -0.4 is 18.4 Å². The third kappa shape index (κ3) is 4.15. The molecule has 0 spiro atoms. The lowest BCUT2D eigenvalue weighted by atomic mass is 9.83. The standard InChI is InChI=1S/C26H22F3NO6S/c1-33-22-7-2-15-10-21-19-12-24-23(34-14-35-24)11-16(19)8-9-30(21)13-20(15)25(22)36-37(31,32)18-5-3-17(4-6-18)26(27,28)29/h2-7,11-12,21H,8-10,13-14H2,1H3. The van der Waals surface area contributed by atoms with Crippen molar-refractivity contribution in [1.82, 2.24) is 4.90 Å². The van der Waals surface area contributed by atoms with E-state index in [1.165, 1.54) is 12.7 Å². The predicted molar refractivity (Wildman–Crippen MR) is 125 cm³/mol. The number of nitrogens with zero attached hydrogens (tertiary/aromatic N) is 1. The first-order valence-corrected chi connectivity index (χ1v) is 13.0. The third-order valence-electron chi connectivity index (χ3n) is 7.08. The maximum atomic E-state index is 13.1. The van der Waals surface area contributed by atoms with Crippen LogP contribution in [0.4, 0.5) is 13.2 Å². The molecule has 194 valence electrons. The van der Waals surface area contributed by atoms with Crippen molar-refractivity contribution in [3.63, 3.8) is 0 Å². The lowest BCUT2D eigenvalue weighted by Crippen LogP contribution is -2.39. The molecule has 0 N–H and O–H groups in total. The van der Waals surface area contributed by atoms with Crippen LogP contribution in [0, 0.1) is 0 Å². The van der Waals surface area contributed by atoms with Gasteiger partial charge in [0, 0.05) is 24.7 Å². The molecule has 0 saturated carbocycles. The van der Waals surface area contributed by atoms with Crippen LogP contribution in [-0.4, -0.2) is 33.8 Å². The second kappa shape index (κ2) is 8.56. The van der Waals surface area contributed by atoms with E-state index in [2.05, 4.69) is 4.90 Å². The minimum absolute atomic E-state index is 0.0508. The molecular weight excluding hydrogens is 511 g/mol. The number of halogens is 3. The summed E-state index contributed by atoms with van der Waals surface area (Å²) in [6.45, 7) is 1.37. The number of rotatable bonds is 4. The van der Waals surface area contributed by atoms with Crippen molar-refractivity contribution >= 4 is 10.1 Å². The minimum Gasteiger partial charge on any atom is -0.493 e. The predicted octanol–water partition coefficient (Wildman–Crippen LogP) is 4.87. The van der Waals surface area contributed by atoms with Crippen LogP contribution in [0.5, 0.6) is 23.0 Å². The molecule has 0 aliphatic carbocycles. The van der Waals surface area contributed by atoms with E-state index in [4.69, 9.17) is 18.4 Å². The maximum absolute atomic E-state index is 13.1. The van der Waals surface area contributed by atoms with Crippen LogP contribution in [-0.2, 0) is 35.7 Å². The number of hydrogen-bond donors (Lipinski definition) is 0. The average Bonchev–Trinajstić information content (AvgIpc) is 3.33. The highest BCUT2D eigenvalue weighted by atomic mass is 32.2. The summed E-state index contributed by atoms with van der Waals surface area (Å²) in [5.74, 6) is 1.74. The number of hydrogen-bond acceptors (Lipinski definition) is 7. The molecule has 0 bridgehead atoms. The Hall–Kier alpha value is -3.44. The van der Waals surface area contributed by atoms with Crippen LogP contribution in [0.15, 0.2) is 53.4 Å². The molecule has 3 aromatic rings. The van der Waals surface area contributed by atoms with Crippen LogP contribution >= 0.6 is 0 Å². The maximum Gasteiger partial charge on any atom is 0.416 e. The molecule has 0 amide bonds. The van der Waals surface area contributed by atoms with Crippen LogP contribution in [0.1, 0.15) is 33.9 Å². The Labute approximate surface area is 211 Å². The van der Waals surface area contributed by atoms with Gasteiger partial charge < -0.3 is 18.4 Å². The van der Waals surface area contributed by atoms with Gasteiger partial charge in [0.2, 0.25) is 6.79 Å². The first-order valence-electron chi connectivity index (χ1n) is 11.6. The van der Waals surface area contributed by atoms with Crippen molar-refractivity contribution in [2.75, 3.05) is 20.4 Å². The van der Waals surface area contributed by atoms with E-state index in [-0.39, 0.29) is 29.2 Å². The molecule has 3 aliphatic rings. The lowest BCUT2D eigenvalue weighted by Gasteiger charge is -2.42. The van der Waals surface area contributed by atoms with Crippen molar-refractivity contribution < 1.29 is 40.0 Å². The third-order valence-corrected chi connectivity index (χ3v) is 8.32. The van der Waals surface area contributed by atoms with Gasteiger partial charge in [0.05, 0.1) is 12.7 Å². The van der Waals surface area contributed by atoms with Gasteiger partial charge in [-0.3, -0.25) is 4.90 Å². The van der Waals surface area contributed by atoms with Gasteiger partial charge in [0.15, 0.2) is 23.0 Å². The van der Waals surface area contributed by atoms with Gasteiger partial charge in [-0.05, 0) is 72.0 Å². The van der Waals surface area contributed by atoms with Gasteiger partial charge in [-0.2, -0.15) is 21.6 Å². The summed E-state index contributed by atoms with van der Waals surface area (Å²) >= 11 is 0. The van der Waals surface area contributed by atoms with Gasteiger partial charge >= 0.3 is 16.3 Å². The Bertz CT molecular complexity index is 1490. The molecule has 0 saturated heterocycles. The van der Waals surface area contributed by atoms with Gasteiger partial charge in [-0.1, -0.05) is 6.07 Å². The lowest BCUT2D eigenvalue weighted by molar-refractivity contribution is -0.137. The summed E-state index contributed by atoms with van der Waals surface area (Å²) in [5.41, 5.74) is 2.99. The fraction of sp³-hybridized carbons (Fsp3) is 0.308. The van der Waals surface area contributed by atoms with Crippen molar-refractivity contribution in [3.05, 3.63) is 76.3 Å². The summed E-state index contributed by atoms with van der Waals surface area (Å²) in [7, 11) is -3.02. The van der Waals surface area contributed by atoms with E-state index in [0.717, 1.165) is 54.1 Å². The quantitative estimate of drug-likeness (QED) is 0.443. The molecular formula is C26H22F3NO6S. The van der Waals surface area contributed by atoms with Crippen LogP contribution in [0.25, 0.3) is 0 Å². The Morgan fingerprint density at radius 2 is 1.73 bits per heavy atom. The van der Waals surface area contributed by atoms with Gasteiger partial charge in [-0.25, -0.2) is 0 Å². The molecule has 0 fully saturated rings. The highest BCUT2D eigenvalue weighted by molar-refractivity contribution is 7.87. The van der Waals surface area contributed by atoms with E-state index in [9.17, 15) is 21.6 Å². The highest BCUT2D eigenvalue weighted by Gasteiger charge is 2.37. The summed E-state index contributed by atoms with van der Waals surface area (Å²) in [4.78, 5) is 1.88. The zero-order chi connectivity index (χ0) is 25.9. The van der Waals surface area contributed by atoms with Crippen molar-refractivity contribution in [1.29, 1.82) is 0 Å². The van der Waals surface area contributed by atoms with Crippen LogP contribution in [0.3, 0.4) is 0 Å². The molecule has 37 heavy (non-hydrogen) atoms. The zero-order valence-electron chi connectivity index (χ0n) is 19.7. The Morgan fingerprint density at radius 1 is 1.00 bits per heavy atom. The van der Waals surface area contributed by atoms with Crippen molar-refractivity contribution in [2.45, 2.75) is 36.5 Å². The molecule has 3 aromatic carbocycles. The minimum atomic E-state index is -4.58. The molecule has 3 heterocycles.